The average molecular weight is 298 g/mol. The SMILES string of the molecule is CCCN1Cc2nnc(CCc3ccccc3)n2[C@@H](C)C1=O. The number of rotatable bonds is 5. The Morgan fingerprint density at radius 2 is 1.95 bits per heavy atom. The van der Waals surface area contributed by atoms with E-state index in [1.165, 1.54) is 5.56 Å². The molecule has 2 aromatic rings. The van der Waals surface area contributed by atoms with Gasteiger partial charge in [0.1, 0.15) is 11.9 Å². The van der Waals surface area contributed by atoms with Crippen LogP contribution in [0.3, 0.4) is 0 Å². The van der Waals surface area contributed by atoms with Crippen LogP contribution in [0.25, 0.3) is 0 Å². The number of nitrogens with zero attached hydrogens (tertiary/aromatic N) is 4. The summed E-state index contributed by atoms with van der Waals surface area (Å²) in [6, 6.07) is 10.1. The maximum Gasteiger partial charge on any atom is 0.245 e. The molecule has 1 aromatic heterocycles. The third-order valence-electron chi connectivity index (χ3n) is 4.20. The summed E-state index contributed by atoms with van der Waals surface area (Å²) < 4.78 is 2.03. The summed E-state index contributed by atoms with van der Waals surface area (Å²) in [6.45, 7) is 5.40. The molecule has 1 aliphatic rings. The number of benzene rings is 1. The van der Waals surface area contributed by atoms with E-state index in [2.05, 4.69) is 29.3 Å². The molecule has 2 heterocycles. The van der Waals surface area contributed by atoms with Crippen molar-refractivity contribution in [3.63, 3.8) is 0 Å². The quantitative estimate of drug-likeness (QED) is 0.851. The second-order valence-electron chi connectivity index (χ2n) is 5.82. The summed E-state index contributed by atoms with van der Waals surface area (Å²) in [4.78, 5) is 14.3. The molecule has 0 unspecified atom stereocenters. The van der Waals surface area contributed by atoms with Crippen molar-refractivity contribution in [3.05, 3.63) is 47.5 Å². The van der Waals surface area contributed by atoms with Crippen LogP contribution >= 0.6 is 0 Å². The van der Waals surface area contributed by atoms with Crippen LogP contribution in [0.4, 0.5) is 0 Å². The Hall–Kier alpha value is -2.17. The van der Waals surface area contributed by atoms with Crippen molar-refractivity contribution in [2.75, 3.05) is 6.54 Å². The van der Waals surface area contributed by atoms with Gasteiger partial charge in [0.25, 0.3) is 0 Å². The highest BCUT2D eigenvalue weighted by Gasteiger charge is 2.32. The predicted octanol–water partition coefficient (Wildman–Crippen LogP) is 2.38. The first kappa shape index (κ1) is 14.8. The minimum absolute atomic E-state index is 0.176. The molecule has 22 heavy (non-hydrogen) atoms. The van der Waals surface area contributed by atoms with E-state index in [1.807, 2.05) is 34.6 Å². The number of amides is 1. The van der Waals surface area contributed by atoms with Crippen molar-refractivity contribution >= 4 is 5.91 Å². The summed E-state index contributed by atoms with van der Waals surface area (Å²) >= 11 is 0. The van der Waals surface area contributed by atoms with E-state index in [0.29, 0.717) is 6.54 Å². The molecular formula is C17H22N4O. The lowest BCUT2D eigenvalue weighted by molar-refractivity contribution is -0.137. The van der Waals surface area contributed by atoms with Gasteiger partial charge in [-0.15, -0.1) is 10.2 Å². The number of fused-ring (bicyclic) bond motifs is 1. The van der Waals surface area contributed by atoms with Gasteiger partial charge in [-0.1, -0.05) is 37.3 Å². The van der Waals surface area contributed by atoms with Crippen LogP contribution in [0.1, 0.15) is 43.5 Å². The Labute approximate surface area is 131 Å². The van der Waals surface area contributed by atoms with Gasteiger partial charge in [0.05, 0.1) is 6.54 Å². The van der Waals surface area contributed by atoms with E-state index in [-0.39, 0.29) is 11.9 Å². The minimum Gasteiger partial charge on any atom is -0.333 e. The van der Waals surface area contributed by atoms with Crippen molar-refractivity contribution in [2.45, 2.75) is 45.7 Å². The molecule has 1 amide bonds. The molecule has 5 nitrogen and oxygen atoms in total. The fourth-order valence-electron chi connectivity index (χ4n) is 3.07. The van der Waals surface area contributed by atoms with E-state index >= 15 is 0 Å². The fraction of sp³-hybridized carbons (Fsp3) is 0.471. The number of hydrogen-bond donors (Lipinski definition) is 0. The summed E-state index contributed by atoms with van der Waals surface area (Å²) in [5.74, 6) is 1.99. The lowest BCUT2D eigenvalue weighted by atomic mass is 10.1. The Kier molecular flexibility index (Phi) is 4.22. The topological polar surface area (TPSA) is 51.0 Å². The molecule has 0 saturated carbocycles. The molecule has 0 fully saturated rings. The van der Waals surface area contributed by atoms with Gasteiger partial charge in [-0.2, -0.15) is 0 Å². The molecule has 0 N–H and O–H groups in total. The smallest absolute Gasteiger partial charge is 0.245 e. The predicted molar refractivity (Wildman–Crippen MR) is 84.3 cm³/mol. The highest BCUT2D eigenvalue weighted by molar-refractivity contribution is 5.81. The molecule has 0 aliphatic carbocycles. The van der Waals surface area contributed by atoms with Crippen LogP contribution in [0.5, 0.6) is 0 Å². The summed E-state index contributed by atoms with van der Waals surface area (Å²) in [6.07, 6.45) is 2.69. The standard InChI is InChI=1S/C17H22N4O/c1-3-11-20-12-16-19-18-15(21(16)13(2)17(20)22)10-9-14-7-5-4-6-8-14/h4-8,13H,3,9-12H2,1-2H3/t13-/m0/s1. The third kappa shape index (κ3) is 2.75. The van der Waals surface area contributed by atoms with Gasteiger partial charge in [-0.05, 0) is 25.3 Å². The van der Waals surface area contributed by atoms with E-state index < -0.39 is 0 Å². The second-order valence-corrected chi connectivity index (χ2v) is 5.82. The first-order valence-electron chi connectivity index (χ1n) is 7.96. The summed E-state index contributed by atoms with van der Waals surface area (Å²) in [5, 5.41) is 8.63. The van der Waals surface area contributed by atoms with E-state index in [0.717, 1.165) is 37.5 Å². The zero-order valence-electron chi connectivity index (χ0n) is 13.2. The molecule has 1 aromatic carbocycles. The molecule has 0 spiro atoms. The molecular weight excluding hydrogens is 276 g/mol. The van der Waals surface area contributed by atoms with Gasteiger partial charge in [0, 0.05) is 13.0 Å². The summed E-state index contributed by atoms with van der Waals surface area (Å²) in [5.41, 5.74) is 1.28. The van der Waals surface area contributed by atoms with Crippen molar-refractivity contribution < 1.29 is 4.79 Å². The Bertz CT molecular complexity index is 650. The highest BCUT2D eigenvalue weighted by Crippen LogP contribution is 2.23. The fourth-order valence-corrected chi connectivity index (χ4v) is 3.07. The minimum atomic E-state index is -0.198. The highest BCUT2D eigenvalue weighted by atomic mass is 16.2. The third-order valence-corrected chi connectivity index (χ3v) is 4.20. The molecule has 5 heteroatoms. The number of hydrogen-bond acceptors (Lipinski definition) is 3. The van der Waals surface area contributed by atoms with Crippen LogP contribution in [-0.4, -0.2) is 32.1 Å². The van der Waals surface area contributed by atoms with Crippen molar-refractivity contribution in [1.29, 1.82) is 0 Å². The van der Waals surface area contributed by atoms with Crippen LogP contribution in [-0.2, 0) is 24.2 Å². The van der Waals surface area contributed by atoms with Gasteiger partial charge in [0.15, 0.2) is 5.82 Å². The largest absolute Gasteiger partial charge is 0.333 e. The van der Waals surface area contributed by atoms with Crippen LogP contribution < -0.4 is 0 Å². The number of carbonyl (C=O) groups is 1. The van der Waals surface area contributed by atoms with Crippen molar-refractivity contribution in [2.24, 2.45) is 0 Å². The van der Waals surface area contributed by atoms with Crippen LogP contribution in [0.2, 0.25) is 0 Å². The first-order valence-corrected chi connectivity index (χ1v) is 7.96. The normalized spacial score (nSPS) is 17.6. The molecule has 116 valence electrons. The monoisotopic (exact) mass is 298 g/mol. The van der Waals surface area contributed by atoms with E-state index in [4.69, 9.17) is 0 Å². The van der Waals surface area contributed by atoms with E-state index in [1.54, 1.807) is 0 Å². The van der Waals surface area contributed by atoms with Crippen LogP contribution in [0, 0.1) is 0 Å². The van der Waals surface area contributed by atoms with Crippen LogP contribution in [0.15, 0.2) is 30.3 Å². The lowest BCUT2D eigenvalue weighted by Gasteiger charge is -2.31. The lowest BCUT2D eigenvalue weighted by Crippen LogP contribution is -2.42. The Morgan fingerprint density at radius 1 is 1.18 bits per heavy atom. The summed E-state index contributed by atoms with van der Waals surface area (Å²) in [7, 11) is 0. The zero-order chi connectivity index (χ0) is 15.5. The Balaban J connectivity index is 1.78. The van der Waals surface area contributed by atoms with Gasteiger partial charge >= 0.3 is 0 Å². The number of aromatic nitrogens is 3. The molecule has 1 atom stereocenters. The Morgan fingerprint density at radius 3 is 2.68 bits per heavy atom. The zero-order valence-corrected chi connectivity index (χ0v) is 13.2. The van der Waals surface area contributed by atoms with Gasteiger partial charge in [-0.3, -0.25) is 4.79 Å². The molecule has 3 rings (SSSR count). The molecule has 1 aliphatic heterocycles. The number of aryl methyl sites for hydroxylation is 2. The van der Waals surface area contributed by atoms with E-state index in [9.17, 15) is 4.79 Å². The maximum atomic E-state index is 12.5. The van der Waals surface area contributed by atoms with Gasteiger partial charge < -0.3 is 9.47 Å². The molecule has 0 radical (unpaired) electrons. The molecule has 0 bridgehead atoms. The average Bonchev–Trinajstić information content (AvgIpc) is 2.94. The first-order chi connectivity index (χ1) is 10.7. The second kappa shape index (κ2) is 6.30. The maximum absolute atomic E-state index is 12.5. The van der Waals surface area contributed by atoms with Gasteiger partial charge in [0.2, 0.25) is 5.91 Å². The van der Waals surface area contributed by atoms with Crippen molar-refractivity contribution in [3.8, 4) is 0 Å². The van der Waals surface area contributed by atoms with Crippen molar-refractivity contribution in [1.82, 2.24) is 19.7 Å². The molecule has 0 saturated heterocycles. The van der Waals surface area contributed by atoms with Gasteiger partial charge in [-0.25, -0.2) is 0 Å². The number of carbonyl (C=O) groups excluding carboxylic acids is 1.